The van der Waals surface area contributed by atoms with Gasteiger partial charge in [0, 0.05) is 21.7 Å². The monoisotopic (exact) mass is 564 g/mol. The topological polar surface area (TPSA) is 89.3 Å². The van der Waals surface area contributed by atoms with Crippen molar-refractivity contribution in [3.05, 3.63) is 82.0 Å². The number of fused-ring (bicyclic) bond motifs is 1. The first kappa shape index (κ1) is 28.3. The Hall–Kier alpha value is -3.70. The molecule has 0 aliphatic heterocycles. The predicted octanol–water partition coefficient (Wildman–Crippen LogP) is 5.90. The van der Waals surface area contributed by atoms with Gasteiger partial charge in [0.15, 0.2) is 5.82 Å². The van der Waals surface area contributed by atoms with Crippen molar-refractivity contribution in [3.63, 3.8) is 0 Å². The molecule has 0 fully saturated rings. The molecular formula is C27H25ClF4N4O3. The highest BCUT2D eigenvalue weighted by Gasteiger charge is 2.56. The predicted molar refractivity (Wildman–Crippen MR) is 137 cm³/mol. The van der Waals surface area contributed by atoms with Crippen molar-refractivity contribution in [1.82, 2.24) is 20.1 Å². The highest BCUT2D eigenvalue weighted by molar-refractivity contribution is 6.31. The zero-order valence-electron chi connectivity index (χ0n) is 21.4. The summed E-state index contributed by atoms with van der Waals surface area (Å²) in [4.78, 5) is 16.9. The van der Waals surface area contributed by atoms with E-state index in [0.717, 1.165) is 6.20 Å². The van der Waals surface area contributed by atoms with Gasteiger partial charge in [0.25, 0.3) is 5.91 Å². The third kappa shape index (κ3) is 5.69. The van der Waals surface area contributed by atoms with E-state index in [2.05, 4.69) is 15.4 Å². The normalized spacial score (nSPS) is 14.2. The molecule has 0 spiro atoms. The third-order valence-electron chi connectivity index (χ3n) is 6.26. The van der Waals surface area contributed by atoms with Crippen LogP contribution in [0.3, 0.4) is 0 Å². The molecule has 0 aliphatic rings. The van der Waals surface area contributed by atoms with Crippen molar-refractivity contribution in [2.24, 2.45) is 0 Å². The van der Waals surface area contributed by atoms with Crippen molar-refractivity contribution in [2.75, 3.05) is 0 Å². The van der Waals surface area contributed by atoms with Crippen LogP contribution in [0, 0.1) is 19.7 Å². The fraction of sp³-hybridized carbons (Fsp3) is 0.296. The lowest BCUT2D eigenvalue weighted by molar-refractivity contribution is -0.245. The van der Waals surface area contributed by atoms with Gasteiger partial charge < -0.3 is 15.2 Å². The van der Waals surface area contributed by atoms with Crippen molar-refractivity contribution in [1.29, 1.82) is 0 Å². The summed E-state index contributed by atoms with van der Waals surface area (Å²) in [6, 6.07) is 9.36. The number of carbonyl (C=O) groups excluding carboxylic acids is 1. The van der Waals surface area contributed by atoms with Crippen LogP contribution in [0.15, 0.2) is 48.8 Å². The number of benzene rings is 2. The second kappa shape index (κ2) is 10.5. The molecule has 2 atom stereocenters. The number of halogens is 5. The van der Waals surface area contributed by atoms with E-state index in [1.165, 1.54) is 17.8 Å². The summed E-state index contributed by atoms with van der Waals surface area (Å²) < 4.78 is 60.6. The SMILES string of the molecule is Cc1cc(Cl)c(COc2cccc3c(-n4cc(F)cn4)cc(C)nc23)c([C@H](C)NC(=O)[C@@](C)(O)C(F)(F)F)c1. The summed E-state index contributed by atoms with van der Waals surface area (Å²) in [5.41, 5.74) is -0.311. The van der Waals surface area contributed by atoms with E-state index in [9.17, 15) is 27.5 Å². The Kier molecular flexibility index (Phi) is 7.59. The van der Waals surface area contributed by atoms with Crippen LogP contribution in [0.1, 0.15) is 42.3 Å². The van der Waals surface area contributed by atoms with Gasteiger partial charge in [0.1, 0.15) is 17.9 Å². The molecule has 7 nitrogen and oxygen atoms in total. The average molecular weight is 565 g/mol. The number of pyridine rings is 1. The van der Waals surface area contributed by atoms with Crippen LogP contribution in [-0.2, 0) is 11.4 Å². The second-order valence-electron chi connectivity index (χ2n) is 9.41. The van der Waals surface area contributed by atoms with Gasteiger partial charge in [-0.25, -0.2) is 14.1 Å². The maximum atomic E-state index is 13.6. The van der Waals surface area contributed by atoms with E-state index in [1.807, 2.05) is 0 Å². The van der Waals surface area contributed by atoms with Crippen LogP contribution >= 0.6 is 11.6 Å². The van der Waals surface area contributed by atoms with Gasteiger partial charge in [0.05, 0.1) is 24.1 Å². The quantitative estimate of drug-likeness (QED) is 0.273. The molecule has 0 bridgehead atoms. The zero-order valence-corrected chi connectivity index (χ0v) is 22.2. The number of aliphatic hydroxyl groups is 1. The fourth-order valence-corrected chi connectivity index (χ4v) is 4.43. The molecule has 2 heterocycles. The van der Waals surface area contributed by atoms with Crippen molar-refractivity contribution >= 4 is 28.4 Å². The molecule has 2 aromatic heterocycles. The maximum Gasteiger partial charge on any atom is 0.426 e. The molecule has 4 aromatic rings. The molecular weight excluding hydrogens is 540 g/mol. The zero-order chi connectivity index (χ0) is 28.7. The van der Waals surface area contributed by atoms with E-state index < -0.39 is 29.5 Å². The molecule has 2 aromatic carbocycles. The number of alkyl halides is 3. The number of hydrogen-bond acceptors (Lipinski definition) is 5. The van der Waals surface area contributed by atoms with Gasteiger partial charge in [-0.15, -0.1) is 0 Å². The lowest BCUT2D eigenvalue weighted by Crippen LogP contribution is -2.55. The number of aromatic nitrogens is 3. The Morgan fingerprint density at radius 1 is 1.23 bits per heavy atom. The smallest absolute Gasteiger partial charge is 0.426 e. The summed E-state index contributed by atoms with van der Waals surface area (Å²) >= 11 is 6.51. The Labute approximate surface area is 226 Å². The van der Waals surface area contributed by atoms with Gasteiger partial charge in [-0.1, -0.05) is 29.8 Å². The third-order valence-corrected chi connectivity index (χ3v) is 6.60. The van der Waals surface area contributed by atoms with Gasteiger partial charge in [-0.3, -0.25) is 4.79 Å². The number of carbonyl (C=O) groups is 1. The molecule has 0 saturated heterocycles. The fourth-order valence-electron chi connectivity index (χ4n) is 4.10. The number of ether oxygens (including phenoxy) is 1. The molecule has 4 rings (SSSR count). The molecule has 39 heavy (non-hydrogen) atoms. The van der Waals surface area contributed by atoms with E-state index in [1.54, 1.807) is 50.2 Å². The Morgan fingerprint density at radius 3 is 2.59 bits per heavy atom. The average Bonchev–Trinajstić information content (AvgIpc) is 3.27. The largest absolute Gasteiger partial charge is 0.487 e. The van der Waals surface area contributed by atoms with Gasteiger partial charge in [-0.05, 0) is 57.0 Å². The van der Waals surface area contributed by atoms with Crippen molar-refractivity contribution in [3.8, 4) is 11.4 Å². The number of amides is 1. The van der Waals surface area contributed by atoms with Gasteiger partial charge >= 0.3 is 6.18 Å². The summed E-state index contributed by atoms with van der Waals surface area (Å²) in [6.45, 7) is 5.29. The van der Waals surface area contributed by atoms with Crippen LogP contribution in [0.2, 0.25) is 5.02 Å². The summed E-state index contributed by atoms with van der Waals surface area (Å²) in [5, 5.41) is 16.9. The minimum Gasteiger partial charge on any atom is -0.487 e. The minimum atomic E-state index is -5.16. The van der Waals surface area contributed by atoms with Crippen molar-refractivity contribution in [2.45, 2.75) is 52.1 Å². The van der Waals surface area contributed by atoms with Crippen LogP contribution in [0.5, 0.6) is 5.75 Å². The van der Waals surface area contributed by atoms with Crippen LogP contribution < -0.4 is 10.1 Å². The van der Waals surface area contributed by atoms with Crippen LogP contribution in [-0.4, -0.2) is 37.6 Å². The molecule has 1 amide bonds. The highest BCUT2D eigenvalue weighted by atomic mass is 35.5. The van der Waals surface area contributed by atoms with Crippen LogP contribution in [0.4, 0.5) is 17.6 Å². The van der Waals surface area contributed by atoms with Gasteiger partial charge in [0.2, 0.25) is 5.60 Å². The highest BCUT2D eigenvalue weighted by Crippen LogP contribution is 2.34. The molecule has 0 unspecified atom stereocenters. The number of nitrogens with one attached hydrogen (secondary N) is 1. The summed E-state index contributed by atoms with van der Waals surface area (Å²) in [7, 11) is 0. The van der Waals surface area contributed by atoms with E-state index in [-0.39, 0.29) is 11.6 Å². The van der Waals surface area contributed by atoms with E-state index in [4.69, 9.17) is 16.3 Å². The number of rotatable bonds is 7. The maximum absolute atomic E-state index is 13.6. The van der Waals surface area contributed by atoms with Crippen LogP contribution in [0.25, 0.3) is 16.6 Å². The molecule has 2 N–H and O–H groups in total. The Balaban J connectivity index is 1.67. The summed E-state index contributed by atoms with van der Waals surface area (Å²) in [6.07, 6.45) is -2.82. The Bertz CT molecular complexity index is 1550. The molecule has 206 valence electrons. The summed E-state index contributed by atoms with van der Waals surface area (Å²) in [5.74, 6) is -1.71. The van der Waals surface area contributed by atoms with Gasteiger partial charge in [-0.2, -0.15) is 18.3 Å². The Morgan fingerprint density at radius 2 is 1.95 bits per heavy atom. The molecule has 0 saturated carbocycles. The first-order chi connectivity index (χ1) is 18.2. The molecule has 12 heteroatoms. The first-order valence-corrected chi connectivity index (χ1v) is 12.2. The number of aryl methyl sites for hydroxylation is 2. The number of nitrogens with zero attached hydrogens (tertiary/aromatic N) is 3. The van der Waals surface area contributed by atoms with E-state index in [0.29, 0.717) is 51.6 Å². The van der Waals surface area contributed by atoms with Crippen molar-refractivity contribution < 1.29 is 32.2 Å². The molecule has 0 radical (unpaired) electrons. The number of para-hydroxylation sites is 1. The number of hydrogen-bond donors (Lipinski definition) is 2. The second-order valence-corrected chi connectivity index (χ2v) is 9.81. The lowest BCUT2D eigenvalue weighted by Gasteiger charge is -2.28. The standard InChI is InChI=1S/C27H25ClF4N4O3/c1-14-8-19(16(3)35-25(37)26(4,38)27(30,31)32)20(21(28)9-14)13-39-23-7-5-6-18-22(10-15(2)34-24(18)23)36-12-17(29)11-33-36/h5-12,16,38H,13H2,1-4H3,(H,35,37)/t16-,26+/m0/s1. The minimum absolute atomic E-state index is 0.106. The lowest BCUT2D eigenvalue weighted by atomic mass is 9.97. The first-order valence-electron chi connectivity index (χ1n) is 11.8. The van der Waals surface area contributed by atoms with E-state index >= 15 is 0 Å². The molecule has 0 aliphatic carbocycles.